The molecule has 0 aliphatic rings. The molecule has 0 saturated heterocycles. The van der Waals surface area contributed by atoms with E-state index in [1.54, 1.807) is 6.92 Å². The number of hydrogen-bond donors (Lipinski definition) is 0. The van der Waals surface area contributed by atoms with Crippen molar-refractivity contribution in [3.63, 3.8) is 0 Å². The molecule has 0 aliphatic heterocycles. The molecule has 6 nitrogen and oxygen atoms in total. The van der Waals surface area contributed by atoms with Gasteiger partial charge in [-0.15, -0.1) is 0 Å². The molecule has 0 radical (unpaired) electrons. The Bertz CT molecular complexity index is 332. The van der Waals surface area contributed by atoms with Crippen molar-refractivity contribution >= 4 is 5.97 Å². The summed E-state index contributed by atoms with van der Waals surface area (Å²) < 4.78 is 26.5. The molecule has 0 amide bonds. The zero-order valence-corrected chi connectivity index (χ0v) is 16.8. The molecule has 6 heteroatoms. The minimum atomic E-state index is -0.391. The van der Waals surface area contributed by atoms with Crippen LogP contribution in [-0.2, 0) is 28.5 Å². The molecule has 0 aromatic rings. The van der Waals surface area contributed by atoms with Crippen molar-refractivity contribution in [1.29, 1.82) is 0 Å². The van der Waals surface area contributed by atoms with Crippen molar-refractivity contribution in [1.82, 2.24) is 0 Å². The van der Waals surface area contributed by atoms with Gasteiger partial charge in [-0.1, -0.05) is 45.6 Å². The highest BCUT2D eigenvalue weighted by Crippen LogP contribution is 2.04. The highest BCUT2D eigenvalue weighted by atomic mass is 16.6. The minimum absolute atomic E-state index is 0.230. The molecule has 0 saturated carbocycles. The second-order valence-electron chi connectivity index (χ2n) is 6.13. The van der Waals surface area contributed by atoms with Gasteiger partial charge < -0.3 is 23.7 Å². The number of hydrogen-bond acceptors (Lipinski definition) is 6. The minimum Gasteiger partial charge on any atom is -0.460 e. The van der Waals surface area contributed by atoms with Crippen LogP contribution in [0.5, 0.6) is 0 Å². The Balaban J connectivity index is 3.05. The summed E-state index contributed by atoms with van der Waals surface area (Å²) in [6, 6.07) is 0. The molecule has 154 valence electrons. The zero-order valence-electron chi connectivity index (χ0n) is 16.8. The average molecular weight is 375 g/mol. The third-order valence-electron chi connectivity index (χ3n) is 3.57. The first-order valence-corrected chi connectivity index (χ1v) is 9.82. The maximum Gasteiger partial charge on any atom is 0.333 e. The number of esters is 1. The average Bonchev–Trinajstić information content (AvgIpc) is 2.63. The summed E-state index contributed by atoms with van der Waals surface area (Å²) in [6.45, 7) is 12.0. The number of carbonyl (C=O) groups excluding carboxylic acids is 1. The number of carbonyl (C=O) groups is 1. The first kappa shape index (κ1) is 25.1. The molecule has 0 bridgehead atoms. The molecule has 0 atom stereocenters. The van der Waals surface area contributed by atoms with E-state index in [1.807, 2.05) is 0 Å². The van der Waals surface area contributed by atoms with Crippen LogP contribution in [0.25, 0.3) is 0 Å². The summed E-state index contributed by atoms with van der Waals surface area (Å²) in [6.07, 6.45) is 7.68. The molecule has 0 fully saturated rings. The molecule has 0 N–H and O–H groups in total. The second-order valence-corrected chi connectivity index (χ2v) is 6.13. The molecule has 0 aliphatic carbocycles. The highest BCUT2D eigenvalue weighted by molar-refractivity contribution is 5.86. The van der Waals surface area contributed by atoms with Crippen molar-refractivity contribution in [3.05, 3.63) is 12.2 Å². The molecular weight excluding hydrogens is 336 g/mol. The first-order chi connectivity index (χ1) is 12.7. The normalized spacial score (nSPS) is 10.8. The lowest BCUT2D eigenvalue weighted by Crippen LogP contribution is -2.14. The van der Waals surface area contributed by atoms with Crippen LogP contribution >= 0.6 is 0 Å². The number of unbranched alkanes of at least 4 members (excludes halogenated alkanes) is 5. The fourth-order valence-electron chi connectivity index (χ4n) is 2.06. The van der Waals surface area contributed by atoms with Gasteiger partial charge in [0.1, 0.15) is 6.61 Å². The van der Waals surface area contributed by atoms with E-state index in [9.17, 15) is 4.79 Å². The monoisotopic (exact) mass is 374 g/mol. The third-order valence-corrected chi connectivity index (χ3v) is 3.57. The van der Waals surface area contributed by atoms with Crippen LogP contribution in [-0.4, -0.2) is 65.4 Å². The standard InChI is InChI=1S/C20H38O6/c1-4-5-6-7-8-9-10-22-11-12-23-13-14-24-15-16-25-17-18-26-20(21)19(2)3/h2,4-18H2,1,3H3. The van der Waals surface area contributed by atoms with Gasteiger partial charge in [-0.3, -0.25) is 0 Å². The Morgan fingerprint density at radius 2 is 1.08 bits per heavy atom. The van der Waals surface area contributed by atoms with Gasteiger partial charge in [-0.25, -0.2) is 4.79 Å². The lowest BCUT2D eigenvalue weighted by molar-refractivity contribution is -0.140. The van der Waals surface area contributed by atoms with Crippen molar-refractivity contribution < 1.29 is 28.5 Å². The largest absolute Gasteiger partial charge is 0.460 e. The number of ether oxygens (including phenoxy) is 5. The lowest BCUT2D eigenvalue weighted by Gasteiger charge is -2.08. The van der Waals surface area contributed by atoms with Gasteiger partial charge in [0.15, 0.2) is 0 Å². The Labute approximate surface area is 159 Å². The van der Waals surface area contributed by atoms with Crippen molar-refractivity contribution in [3.8, 4) is 0 Å². The first-order valence-electron chi connectivity index (χ1n) is 9.82. The molecule has 0 aromatic heterocycles. The van der Waals surface area contributed by atoms with Gasteiger partial charge in [0.2, 0.25) is 0 Å². The summed E-state index contributed by atoms with van der Waals surface area (Å²) in [4.78, 5) is 11.1. The molecule has 0 heterocycles. The van der Waals surface area contributed by atoms with E-state index < -0.39 is 5.97 Å². The van der Waals surface area contributed by atoms with E-state index >= 15 is 0 Å². The van der Waals surface area contributed by atoms with E-state index in [0.29, 0.717) is 51.8 Å². The van der Waals surface area contributed by atoms with E-state index in [4.69, 9.17) is 23.7 Å². The van der Waals surface area contributed by atoms with Crippen LogP contribution in [0.3, 0.4) is 0 Å². The van der Waals surface area contributed by atoms with Crippen molar-refractivity contribution in [2.24, 2.45) is 0 Å². The summed E-state index contributed by atoms with van der Waals surface area (Å²) in [5.74, 6) is -0.391. The van der Waals surface area contributed by atoms with Crippen LogP contribution in [0.15, 0.2) is 12.2 Å². The molecule has 0 unspecified atom stereocenters. The maximum absolute atomic E-state index is 11.1. The Kier molecular flexibility index (Phi) is 19.6. The van der Waals surface area contributed by atoms with Gasteiger partial charge in [0.25, 0.3) is 0 Å². The third kappa shape index (κ3) is 19.4. The summed E-state index contributed by atoms with van der Waals surface area (Å²) >= 11 is 0. The highest BCUT2D eigenvalue weighted by Gasteiger charge is 2.01. The predicted molar refractivity (Wildman–Crippen MR) is 102 cm³/mol. The van der Waals surface area contributed by atoms with Crippen LogP contribution < -0.4 is 0 Å². The zero-order chi connectivity index (χ0) is 19.3. The van der Waals surface area contributed by atoms with Gasteiger partial charge in [-0.2, -0.15) is 0 Å². The Morgan fingerprint density at radius 1 is 0.654 bits per heavy atom. The smallest absolute Gasteiger partial charge is 0.333 e. The lowest BCUT2D eigenvalue weighted by atomic mass is 10.1. The molecular formula is C20H38O6. The SMILES string of the molecule is C=C(C)C(=O)OCCOCCOCCOCCOCCCCCCCC. The topological polar surface area (TPSA) is 63.2 Å². The van der Waals surface area contributed by atoms with Crippen LogP contribution in [0.1, 0.15) is 52.4 Å². The number of rotatable bonds is 20. The van der Waals surface area contributed by atoms with Crippen molar-refractivity contribution in [2.75, 3.05) is 59.5 Å². The predicted octanol–water partition coefficient (Wildman–Crippen LogP) is 3.53. The van der Waals surface area contributed by atoms with E-state index in [-0.39, 0.29) is 6.61 Å². The second kappa shape index (κ2) is 20.4. The van der Waals surface area contributed by atoms with E-state index in [0.717, 1.165) is 13.0 Å². The summed E-state index contributed by atoms with van der Waals surface area (Å²) in [7, 11) is 0. The van der Waals surface area contributed by atoms with E-state index in [2.05, 4.69) is 13.5 Å². The van der Waals surface area contributed by atoms with Crippen molar-refractivity contribution in [2.45, 2.75) is 52.4 Å². The van der Waals surface area contributed by atoms with Crippen LogP contribution in [0.2, 0.25) is 0 Å². The fourth-order valence-corrected chi connectivity index (χ4v) is 2.06. The van der Waals surface area contributed by atoms with Gasteiger partial charge in [0.05, 0.1) is 46.2 Å². The maximum atomic E-state index is 11.1. The molecule has 0 rings (SSSR count). The van der Waals surface area contributed by atoms with Crippen LogP contribution in [0, 0.1) is 0 Å². The molecule has 0 aromatic carbocycles. The van der Waals surface area contributed by atoms with Crippen LogP contribution in [0.4, 0.5) is 0 Å². The summed E-state index contributed by atoms with van der Waals surface area (Å²) in [5.41, 5.74) is 0.390. The molecule has 0 spiro atoms. The van der Waals surface area contributed by atoms with Gasteiger partial charge in [0, 0.05) is 12.2 Å². The Morgan fingerprint density at radius 3 is 1.58 bits per heavy atom. The Hall–Kier alpha value is -0.950. The van der Waals surface area contributed by atoms with E-state index in [1.165, 1.54) is 32.1 Å². The van der Waals surface area contributed by atoms with Gasteiger partial charge in [-0.05, 0) is 13.3 Å². The molecule has 26 heavy (non-hydrogen) atoms. The quantitative estimate of drug-likeness (QED) is 0.185. The van der Waals surface area contributed by atoms with Gasteiger partial charge >= 0.3 is 5.97 Å². The fraction of sp³-hybridized carbons (Fsp3) is 0.850. The summed E-state index contributed by atoms with van der Waals surface area (Å²) in [5, 5.41) is 0.